The zero-order chi connectivity index (χ0) is 28.8. The number of rotatable bonds is 16. The van der Waals surface area contributed by atoms with Crippen LogP contribution in [0.3, 0.4) is 0 Å². The molecule has 2 amide bonds. The summed E-state index contributed by atoms with van der Waals surface area (Å²) in [5.74, 6) is -1.52. The fraction of sp³-hybridized carbons (Fsp3) is 0.536. The number of Topliss-reactive ketones (excluding diaryl/α,β-unsaturated/α-hetero) is 2. The summed E-state index contributed by atoms with van der Waals surface area (Å²) in [6, 6.07) is 5.13. The van der Waals surface area contributed by atoms with Gasteiger partial charge in [0.2, 0.25) is 11.8 Å². The van der Waals surface area contributed by atoms with Crippen LogP contribution in [0.15, 0.2) is 35.3 Å². The van der Waals surface area contributed by atoms with E-state index in [-0.39, 0.29) is 41.5 Å². The second kappa shape index (κ2) is 16.3. The Balaban J connectivity index is 2.05. The quantitative estimate of drug-likeness (QED) is 0.0890. The number of phenolic OH excluding ortho intramolecular Hbond substituents is 1. The zero-order valence-electron chi connectivity index (χ0n) is 22.7. The number of aliphatic imine (C=N–C) groups is 1. The van der Waals surface area contributed by atoms with Gasteiger partial charge < -0.3 is 32.5 Å². The van der Waals surface area contributed by atoms with Crippen molar-refractivity contribution in [2.45, 2.75) is 70.4 Å². The van der Waals surface area contributed by atoms with Gasteiger partial charge in [-0.05, 0) is 75.8 Å². The van der Waals surface area contributed by atoms with Crippen molar-refractivity contribution in [3.8, 4) is 5.75 Å². The second-order valence-corrected chi connectivity index (χ2v) is 9.89. The number of benzene rings is 1. The number of nitrogens with one attached hydrogen (secondary N) is 1. The van der Waals surface area contributed by atoms with Crippen LogP contribution in [0.5, 0.6) is 5.75 Å². The predicted molar refractivity (Wildman–Crippen MR) is 150 cm³/mol. The number of carbonyl (C=O) groups is 4. The van der Waals surface area contributed by atoms with Crippen molar-refractivity contribution in [2.75, 3.05) is 19.6 Å². The molecule has 39 heavy (non-hydrogen) atoms. The van der Waals surface area contributed by atoms with Gasteiger partial charge in [0.15, 0.2) is 17.5 Å². The van der Waals surface area contributed by atoms with E-state index in [4.69, 9.17) is 17.2 Å². The summed E-state index contributed by atoms with van der Waals surface area (Å²) in [5, 5.41) is 12.2. The number of nitrogens with zero attached hydrogens (tertiary/aromatic N) is 2. The van der Waals surface area contributed by atoms with Crippen molar-refractivity contribution in [3.63, 3.8) is 0 Å². The molecule has 1 aromatic carbocycles. The van der Waals surface area contributed by atoms with Gasteiger partial charge in [0.05, 0.1) is 12.1 Å². The average molecular weight is 543 g/mol. The van der Waals surface area contributed by atoms with Crippen LogP contribution in [0.2, 0.25) is 0 Å². The fourth-order valence-corrected chi connectivity index (χ4v) is 4.62. The van der Waals surface area contributed by atoms with Gasteiger partial charge in [0, 0.05) is 31.5 Å². The third-order valence-corrected chi connectivity index (χ3v) is 6.80. The Hall–Kier alpha value is -3.73. The first kappa shape index (κ1) is 31.5. The van der Waals surface area contributed by atoms with Crippen LogP contribution < -0.4 is 22.5 Å². The molecule has 0 saturated carbocycles. The number of unbranched alkanes of at least 4 members (excludes halogenated alkanes) is 1. The Kier molecular flexibility index (Phi) is 13.1. The van der Waals surface area contributed by atoms with Crippen molar-refractivity contribution in [1.82, 2.24) is 10.2 Å². The van der Waals surface area contributed by atoms with E-state index >= 15 is 0 Å². The predicted octanol–water partition coefficient (Wildman–Crippen LogP) is 1.23. The van der Waals surface area contributed by atoms with Gasteiger partial charge in [0.1, 0.15) is 5.75 Å². The number of phenols is 1. The van der Waals surface area contributed by atoms with Crippen molar-refractivity contribution >= 4 is 35.4 Å². The monoisotopic (exact) mass is 542 g/mol. The Morgan fingerprint density at radius 2 is 1.85 bits per heavy atom. The van der Waals surface area contributed by atoms with Gasteiger partial charge in [-0.2, -0.15) is 0 Å². The lowest BCUT2D eigenvalue weighted by atomic mass is 9.91. The minimum absolute atomic E-state index is 0.0227. The summed E-state index contributed by atoms with van der Waals surface area (Å²) >= 11 is 0. The molecule has 1 fully saturated rings. The van der Waals surface area contributed by atoms with E-state index in [0.717, 1.165) is 5.56 Å². The van der Waals surface area contributed by atoms with Crippen LogP contribution in [-0.2, 0) is 19.2 Å². The van der Waals surface area contributed by atoms with Gasteiger partial charge in [-0.25, -0.2) is 0 Å². The van der Waals surface area contributed by atoms with Gasteiger partial charge in [-0.15, -0.1) is 0 Å². The van der Waals surface area contributed by atoms with E-state index in [0.29, 0.717) is 64.6 Å². The number of likely N-dealkylation sites (tertiary alicyclic amines) is 1. The van der Waals surface area contributed by atoms with Crippen LogP contribution in [-0.4, -0.2) is 71.1 Å². The summed E-state index contributed by atoms with van der Waals surface area (Å²) in [6.45, 7) is 2.68. The third-order valence-electron chi connectivity index (χ3n) is 6.80. The normalized spacial score (nSPS) is 16.6. The number of hydrogen-bond acceptors (Lipinski definition) is 7. The number of ketones is 2. The largest absolute Gasteiger partial charge is 0.508 e. The first-order chi connectivity index (χ1) is 18.6. The summed E-state index contributed by atoms with van der Waals surface area (Å²) < 4.78 is 0. The van der Waals surface area contributed by atoms with Crippen LogP contribution in [0.1, 0.15) is 63.9 Å². The molecule has 0 radical (unpaired) electrons. The van der Waals surface area contributed by atoms with Crippen molar-refractivity contribution in [2.24, 2.45) is 28.1 Å². The molecule has 3 atom stereocenters. The molecule has 0 aromatic heterocycles. The topological polar surface area (TPSA) is 194 Å². The van der Waals surface area contributed by atoms with E-state index in [1.807, 2.05) is 0 Å². The highest BCUT2D eigenvalue weighted by molar-refractivity contribution is 5.98. The first-order valence-corrected chi connectivity index (χ1v) is 13.5. The van der Waals surface area contributed by atoms with E-state index in [2.05, 4.69) is 10.3 Å². The lowest BCUT2D eigenvalue weighted by Crippen LogP contribution is -2.45. The van der Waals surface area contributed by atoms with Crippen LogP contribution in [0.25, 0.3) is 6.08 Å². The molecule has 2 rings (SSSR count). The molecule has 11 heteroatoms. The van der Waals surface area contributed by atoms with Crippen LogP contribution in [0.4, 0.5) is 0 Å². The molecule has 214 valence electrons. The average Bonchev–Trinajstić information content (AvgIpc) is 3.39. The summed E-state index contributed by atoms with van der Waals surface area (Å²) in [4.78, 5) is 57.1. The highest BCUT2D eigenvalue weighted by atomic mass is 16.3. The number of amides is 2. The molecule has 0 aliphatic carbocycles. The zero-order valence-corrected chi connectivity index (χ0v) is 22.7. The molecule has 1 aromatic rings. The molecule has 0 bridgehead atoms. The maximum absolute atomic E-state index is 13.4. The van der Waals surface area contributed by atoms with Crippen LogP contribution in [0, 0.1) is 5.92 Å². The number of guanidine groups is 1. The van der Waals surface area contributed by atoms with Crippen molar-refractivity contribution in [1.29, 1.82) is 0 Å². The Labute approximate surface area is 229 Å². The lowest BCUT2D eigenvalue weighted by molar-refractivity contribution is -0.136. The van der Waals surface area contributed by atoms with E-state index in [1.54, 1.807) is 23.1 Å². The van der Waals surface area contributed by atoms with Crippen LogP contribution >= 0.6 is 0 Å². The molecule has 1 aliphatic rings. The molecule has 1 heterocycles. The maximum atomic E-state index is 13.4. The standard InChI is InChI=1S/C28H42N6O5/c1-19(35)23(7-4-16-32-28(30)31)33-27(39)21(6-2-3-15-29)18-25(37)24-8-5-17-34(24)26(38)14-11-20-9-12-22(36)13-10-20/h9-14,21,23-24,36H,2-8,15-18,29H2,1H3,(H,33,39)(H4,30,31,32)/b14-11+/t21-,23+,24+/m1/s1. The van der Waals surface area contributed by atoms with Gasteiger partial charge in [0.25, 0.3) is 0 Å². The third kappa shape index (κ3) is 10.9. The first-order valence-electron chi connectivity index (χ1n) is 13.5. The number of nitrogens with two attached hydrogens (primary N) is 3. The molecule has 0 unspecified atom stereocenters. The summed E-state index contributed by atoms with van der Waals surface area (Å²) in [6.07, 6.45) is 6.98. The highest BCUT2D eigenvalue weighted by Crippen LogP contribution is 2.24. The minimum atomic E-state index is -0.701. The Morgan fingerprint density at radius 1 is 1.13 bits per heavy atom. The number of hydrogen-bond donors (Lipinski definition) is 5. The Morgan fingerprint density at radius 3 is 2.49 bits per heavy atom. The fourth-order valence-electron chi connectivity index (χ4n) is 4.62. The highest BCUT2D eigenvalue weighted by Gasteiger charge is 2.35. The molecule has 1 aliphatic heterocycles. The van der Waals surface area contributed by atoms with Gasteiger partial charge in [-0.1, -0.05) is 18.6 Å². The maximum Gasteiger partial charge on any atom is 0.247 e. The second-order valence-electron chi connectivity index (χ2n) is 9.89. The van der Waals surface area contributed by atoms with Gasteiger partial charge in [-0.3, -0.25) is 24.2 Å². The number of aromatic hydroxyl groups is 1. The molecular formula is C28H42N6O5. The van der Waals surface area contributed by atoms with Crippen molar-refractivity contribution < 1.29 is 24.3 Å². The van der Waals surface area contributed by atoms with E-state index in [1.165, 1.54) is 25.1 Å². The Bertz CT molecular complexity index is 1040. The number of carbonyl (C=O) groups excluding carboxylic acids is 4. The summed E-state index contributed by atoms with van der Waals surface area (Å²) in [5.41, 5.74) is 17.0. The minimum Gasteiger partial charge on any atom is -0.508 e. The molecule has 11 nitrogen and oxygen atoms in total. The summed E-state index contributed by atoms with van der Waals surface area (Å²) in [7, 11) is 0. The molecule has 0 spiro atoms. The SMILES string of the molecule is CC(=O)[C@H](CCCN=C(N)N)NC(=O)[C@H](CCCCN)CC(=O)[C@@H]1CCCN1C(=O)/C=C/c1ccc(O)cc1. The lowest BCUT2D eigenvalue weighted by Gasteiger charge is -2.25. The van der Waals surface area contributed by atoms with Gasteiger partial charge >= 0.3 is 0 Å². The van der Waals surface area contributed by atoms with E-state index in [9.17, 15) is 24.3 Å². The smallest absolute Gasteiger partial charge is 0.247 e. The molecular weight excluding hydrogens is 500 g/mol. The molecule has 8 N–H and O–H groups in total. The van der Waals surface area contributed by atoms with Crippen molar-refractivity contribution in [3.05, 3.63) is 35.9 Å². The molecule has 1 saturated heterocycles. The van der Waals surface area contributed by atoms with E-state index < -0.39 is 18.0 Å².